The number of aryl methyl sites for hydroxylation is 1. The highest BCUT2D eigenvalue weighted by Gasteiger charge is 2.11. The summed E-state index contributed by atoms with van der Waals surface area (Å²) in [6, 6.07) is 7.82. The van der Waals surface area contributed by atoms with Gasteiger partial charge in [0.2, 0.25) is 0 Å². The summed E-state index contributed by atoms with van der Waals surface area (Å²) in [6.07, 6.45) is 4.48. The summed E-state index contributed by atoms with van der Waals surface area (Å²) in [7, 11) is -2.87. The van der Waals surface area contributed by atoms with E-state index in [0.717, 1.165) is 41.5 Å². The highest BCUT2D eigenvalue weighted by atomic mass is 32.2. The molecule has 2 heterocycles. The van der Waals surface area contributed by atoms with Gasteiger partial charge in [-0.05, 0) is 18.9 Å². The predicted molar refractivity (Wildman–Crippen MR) is 93.1 cm³/mol. The number of unbranched alkanes of at least 4 members (excludes halogenated alkanes) is 2. The smallest absolute Gasteiger partial charge is 0.152 e. The number of rotatable bonds is 6. The number of aromatic nitrogens is 3. The SMILES string of the molecule is CS(=O)(=O)CCCCCc1nc2c(N)nc3ccccc3c2[nH]1. The second-order valence-corrected chi connectivity index (χ2v) is 8.12. The summed E-state index contributed by atoms with van der Waals surface area (Å²) in [5.74, 6) is 1.54. The lowest BCUT2D eigenvalue weighted by Gasteiger charge is -2.00. The maximum Gasteiger partial charge on any atom is 0.152 e. The van der Waals surface area contributed by atoms with Crippen molar-refractivity contribution < 1.29 is 8.42 Å². The molecule has 0 amide bonds. The van der Waals surface area contributed by atoms with E-state index in [2.05, 4.69) is 15.0 Å². The van der Waals surface area contributed by atoms with Gasteiger partial charge in [0.25, 0.3) is 0 Å². The Morgan fingerprint density at radius 2 is 1.91 bits per heavy atom. The van der Waals surface area contributed by atoms with Gasteiger partial charge in [-0.15, -0.1) is 0 Å². The van der Waals surface area contributed by atoms with Crippen LogP contribution in [0.25, 0.3) is 21.9 Å². The maximum absolute atomic E-state index is 11.1. The summed E-state index contributed by atoms with van der Waals surface area (Å²) >= 11 is 0. The number of pyridine rings is 1. The van der Waals surface area contributed by atoms with E-state index in [4.69, 9.17) is 5.73 Å². The van der Waals surface area contributed by atoms with Crippen LogP contribution in [0.3, 0.4) is 0 Å². The molecular weight excluding hydrogens is 312 g/mol. The molecule has 0 aliphatic heterocycles. The number of benzene rings is 1. The number of anilines is 1. The van der Waals surface area contributed by atoms with Crippen LogP contribution in [-0.4, -0.2) is 35.4 Å². The van der Waals surface area contributed by atoms with E-state index in [1.54, 1.807) is 0 Å². The molecule has 6 nitrogen and oxygen atoms in total. The Hall–Kier alpha value is -2.15. The molecule has 3 aromatic rings. The monoisotopic (exact) mass is 332 g/mol. The van der Waals surface area contributed by atoms with Crippen molar-refractivity contribution >= 4 is 37.6 Å². The van der Waals surface area contributed by atoms with Crippen molar-refractivity contribution in [1.82, 2.24) is 15.0 Å². The lowest BCUT2D eigenvalue weighted by molar-refractivity contribution is 0.595. The molecule has 122 valence electrons. The zero-order valence-electron chi connectivity index (χ0n) is 13.0. The normalized spacial score (nSPS) is 12.2. The minimum absolute atomic E-state index is 0.245. The summed E-state index contributed by atoms with van der Waals surface area (Å²) in [6.45, 7) is 0. The van der Waals surface area contributed by atoms with Crippen molar-refractivity contribution in [2.45, 2.75) is 25.7 Å². The van der Waals surface area contributed by atoms with Gasteiger partial charge in [0, 0.05) is 23.8 Å². The molecule has 0 atom stereocenters. The number of fused-ring (bicyclic) bond motifs is 3. The lowest BCUT2D eigenvalue weighted by Crippen LogP contribution is -2.02. The Labute approximate surface area is 135 Å². The number of hydrogen-bond donors (Lipinski definition) is 2. The van der Waals surface area contributed by atoms with Crippen LogP contribution in [0.5, 0.6) is 0 Å². The fraction of sp³-hybridized carbons (Fsp3) is 0.375. The summed E-state index contributed by atoms with van der Waals surface area (Å²) in [5.41, 5.74) is 8.47. The third-order valence-corrected chi connectivity index (χ3v) is 4.87. The number of para-hydroxylation sites is 1. The molecule has 7 heteroatoms. The number of hydrogen-bond acceptors (Lipinski definition) is 5. The van der Waals surface area contributed by atoms with Gasteiger partial charge >= 0.3 is 0 Å². The van der Waals surface area contributed by atoms with Crippen LogP contribution in [0.1, 0.15) is 25.1 Å². The molecule has 1 aromatic carbocycles. The second-order valence-electron chi connectivity index (χ2n) is 5.86. The zero-order chi connectivity index (χ0) is 16.4. The first-order valence-electron chi connectivity index (χ1n) is 7.64. The van der Waals surface area contributed by atoms with E-state index in [1.165, 1.54) is 6.26 Å². The number of H-pyrrole nitrogens is 1. The lowest BCUT2D eigenvalue weighted by atomic mass is 10.2. The number of imidazole rings is 1. The van der Waals surface area contributed by atoms with Crippen LogP contribution >= 0.6 is 0 Å². The Balaban J connectivity index is 1.75. The van der Waals surface area contributed by atoms with Crippen LogP contribution in [0, 0.1) is 0 Å². The van der Waals surface area contributed by atoms with E-state index in [1.807, 2.05) is 24.3 Å². The molecule has 3 rings (SSSR count). The van der Waals surface area contributed by atoms with Gasteiger partial charge in [-0.2, -0.15) is 0 Å². The molecule has 0 fully saturated rings. The molecular formula is C16H20N4O2S. The Morgan fingerprint density at radius 3 is 2.70 bits per heavy atom. The number of nitrogens with two attached hydrogens (primary N) is 1. The maximum atomic E-state index is 11.1. The second kappa shape index (κ2) is 6.16. The fourth-order valence-electron chi connectivity index (χ4n) is 2.72. The molecule has 0 saturated heterocycles. The van der Waals surface area contributed by atoms with E-state index in [0.29, 0.717) is 17.8 Å². The van der Waals surface area contributed by atoms with Gasteiger partial charge in [0.15, 0.2) is 5.82 Å². The Kier molecular flexibility index (Phi) is 4.21. The van der Waals surface area contributed by atoms with Gasteiger partial charge in [0.05, 0.1) is 11.0 Å². The van der Waals surface area contributed by atoms with Crippen molar-refractivity contribution in [2.24, 2.45) is 0 Å². The summed E-state index contributed by atoms with van der Waals surface area (Å²) in [5, 5.41) is 1.01. The van der Waals surface area contributed by atoms with E-state index in [9.17, 15) is 8.42 Å². The van der Waals surface area contributed by atoms with Crippen molar-refractivity contribution in [1.29, 1.82) is 0 Å². The van der Waals surface area contributed by atoms with Gasteiger partial charge in [0.1, 0.15) is 21.2 Å². The van der Waals surface area contributed by atoms with Crippen LogP contribution < -0.4 is 5.73 Å². The number of nitrogen functional groups attached to an aromatic ring is 1. The van der Waals surface area contributed by atoms with Crippen molar-refractivity contribution in [2.75, 3.05) is 17.7 Å². The van der Waals surface area contributed by atoms with Crippen molar-refractivity contribution in [3.8, 4) is 0 Å². The summed E-state index contributed by atoms with van der Waals surface area (Å²) < 4.78 is 22.2. The van der Waals surface area contributed by atoms with Crippen LogP contribution in [0.4, 0.5) is 5.82 Å². The van der Waals surface area contributed by atoms with Crippen molar-refractivity contribution in [3.63, 3.8) is 0 Å². The first-order valence-corrected chi connectivity index (χ1v) is 9.70. The average molecular weight is 332 g/mol. The minimum Gasteiger partial charge on any atom is -0.382 e. The van der Waals surface area contributed by atoms with Gasteiger partial charge < -0.3 is 10.7 Å². The van der Waals surface area contributed by atoms with E-state index in [-0.39, 0.29) is 5.75 Å². The van der Waals surface area contributed by atoms with Crippen molar-refractivity contribution in [3.05, 3.63) is 30.1 Å². The van der Waals surface area contributed by atoms with E-state index < -0.39 is 9.84 Å². The van der Waals surface area contributed by atoms with Gasteiger partial charge in [-0.25, -0.2) is 18.4 Å². The molecule has 3 N–H and O–H groups in total. The van der Waals surface area contributed by atoms with E-state index >= 15 is 0 Å². The zero-order valence-corrected chi connectivity index (χ0v) is 13.9. The summed E-state index contributed by atoms with van der Waals surface area (Å²) in [4.78, 5) is 12.3. The molecule has 0 radical (unpaired) electrons. The third kappa shape index (κ3) is 3.61. The molecule has 0 saturated carbocycles. The van der Waals surface area contributed by atoms with Crippen LogP contribution in [0.2, 0.25) is 0 Å². The van der Waals surface area contributed by atoms with Crippen LogP contribution in [0.15, 0.2) is 24.3 Å². The number of nitrogens with one attached hydrogen (secondary N) is 1. The topological polar surface area (TPSA) is 102 Å². The fourth-order valence-corrected chi connectivity index (χ4v) is 3.45. The molecule has 23 heavy (non-hydrogen) atoms. The molecule has 0 aliphatic carbocycles. The van der Waals surface area contributed by atoms with Gasteiger partial charge in [-0.1, -0.05) is 24.6 Å². The number of aromatic amines is 1. The number of nitrogens with zero attached hydrogens (tertiary/aromatic N) is 2. The molecule has 0 aliphatic rings. The predicted octanol–water partition coefficient (Wildman–Crippen LogP) is 2.45. The van der Waals surface area contributed by atoms with Gasteiger partial charge in [-0.3, -0.25) is 0 Å². The highest BCUT2D eigenvalue weighted by molar-refractivity contribution is 7.90. The quantitative estimate of drug-likeness (QED) is 0.675. The first kappa shape index (κ1) is 15.7. The first-order chi connectivity index (χ1) is 10.9. The average Bonchev–Trinajstić information content (AvgIpc) is 2.91. The molecule has 0 bridgehead atoms. The standard InChI is InChI=1S/C16H20N4O2S/c1-23(21,22)10-6-2-3-9-13-19-14-11-7-4-5-8-12(11)18-16(17)15(14)20-13/h4-5,7-8H,2-3,6,9-10H2,1H3,(H2,17,18)(H,19,20). The Morgan fingerprint density at radius 1 is 1.13 bits per heavy atom. The molecule has 0 unspecified atom stereocenters. The molecule has 2 aromatic heterocycles. The highest BCUT2D eigenvalue weighted by Crippen LogP contribution is 2.26. The number of sulfone groups is 1. The third-order valence-electron chi connectivity index (χ3n) is 3.84. The molecule has 0 spiro atoms. The van der Waals surface area contributed by atoms with Crippen LogP contribution in [-0.2, 0) is 16.3 Å². The Bertz CT molecular complexity index is 947. The largest absolute Gasteiger partial charge is 0.382 e. The minimum atomic E-state index is -2.87.